The maximum Gasteiger partial charge on any atom is 0.305 e. The number of hydrogen-bond acceptors (Lipinski definition) is 7. The van der Waals surface area contributed by atoms with Crippen molar-refractivity contribution in [2.24, 2.45) is 0 Å². The summed E-state index contributed by atoms with van der Waals surface area (Å²) in [5, 5.41) is 4.80. The van der Waals surface area contributed by atoms with Crippen LogP contribution in [-0.4, -0.2) is 69.6 Å². The fourth-order valence-electron chi connectivity index (χ4n) is 5.46. The van der Waals surface area contributed by atoms with E-state index in [-0.39, 0.29) is 11.9 Å². The summed E-state index contributed by atoms with van der Waals surface area (Å²) < 4.78 is 6.47. The van der Waals surface area contributed by atoms with Gasteiger partial charge in [-0.3, -0.25) is 9.59 Å². The van der Waals surface area contributed by atoms with Crippen LogP contribution in [0.25, 0.3) is 17.0 Å². The van der Waals surface area contributed by atoms with Crippen molar-refractivity contribution in [3.8, 4) is 11.3 Å². The van der Waals surface area contributed by atoms with E-state index >= 15 is 0 Å². The number of ether oxygens (including phenoxy) is 1. The minimum atomic E-state index is -0.227. The van der Waals surface area contributed by atoms with Gasteiger partial charge in [-0.25, -0.2) is 4.98 Å². The number of nitrogens with zero attached hydrogens (tertiary/aromatic N) is 6. The monoisotopic (exact) mass is 504 g/mol. The van der Waals surface area contributed by atoms with Crippen molar-refractivity contribution in [3.63, 3.8) is 0 Å². The third-order valence-electron chi connectivity index (χ3n) is 7.68. The zero-order valence-corrected chi connectivity index (χ0v) is 21.6. The number of amides is 1. The van der Waals surface area contributed by atoms with Crippen molar-refractivity contribution < 1.29 is 14.3 Å². The van der Waals surface area contributed by atoms with E-state index in [9.17, 15) is 9.59 Å². The number of carbonyl (C=O) groups excluding carboxylic acids is 2. The molecule has 0 bridgehead atoms. The van der Waals surface area contributed by atoms with Crippen LogP contribution in [0.5, 0.6) is 0 Å². The molecule has 0 atom stereocenters. The maximum atomic E-state index is 12.6. The van der Waals surface area contributed by atoms with Crippen LogP contribution in [-0.2, 0) is 14.3 Å². The van der Waals surface area contributed by atoms with E-state index in [2.05, 4.69) is 43.9 Å². The Morgan fingerprint density at radius 2 is 1.68 bits per heavy atom. The summed E-state index contributed by atoms with van der Waals surface area (Å²) in [6.45, 7) is 2.62. The molecule has 1 aromatic carbocycles. The van der Waals surface area contributed by atoms with Crippen LogP contribution >= 0.6 is 0 Å². The summed E-state index contributed by atoms with van der Waals surface area (Å²) in [6, 6.07) is 10.9. The van der Waals surface area contributed by atoms with Crippen molar-refractivity contribution in [2.75, 3.05) is 38.2 Å². The number of carbonyl (C=O) groups is 2. The van der Waals surface area contributed by atoms with Crippen LogP contribution in [0.2, 0.25) is 0 Å². The highest BCUT2D eigenvalue weighted by atomic mass is 16.5. The van der Waals surface area contributed by atoms with Gasteiger partial charge >= 0.3 is 5.97 Å². The molecule has 2 fully saturated rings. The fourth-order valence-corrected chi connectivity index (χ4v) is 5.46. The van der Waals surface area contributed by atoms with Gasteiger partial charge in [0.2, 0.25) is 11.9 Å². The van der Waals surface area contributed by atoms with Crippen molar-refractivity contribution in [1.29, 1.82) is 0 Å². The lowest BCUT2D eigenvalue weighted by molar-refractivity contribution is -0.141. The van der Waals surface area contributed by atoms with E-state index < -0.39 is 0 Å². The summed E-state index contributed by atoms with van der Waals surface area (Å²) >= 11 is 0. The van der Waals surface area contributed by atoms with Gasteiger partial charge in [0.25, 0.3) is 5.78 Å². The molecule has 3 aromatic rings. The lowest BCUT2D eigenvalue weighted by atomic mass is 9.84. The summed E-state index contributed by atoms with van der Waals surface area (Å²) in [5.74, 6) is 1.81. The lowest BCUT2D eigenvalue weighted by Gasteiger charge is -2.34. The first-order valence-corrected chi connectivity index (χ1v) is 13.5. The van der Waals surface area contributed by atoms with E-state index in [1.807, 2.05) is 15.5 Å². The highest BCUT2D eigenvalue weighted by Crippen LogP contribution is 2.33. The van der Waals surface area contributed by atoms with Gasteiger partial charge in [0.15, 0.2) is 0 Å². The second kappa shape index (κ2) is 11.7. The number of unbranched alkanes of at least 4 members (excludes halogenated alkanes) is 1. The number of esters is 1. The fraction of sp³-hybridized carbons (Fsp3) is 0.536. The lowest BCUT2D eigenvalue weighted by Crippen LogP contribution is -2.49. The van der Waals surface area contributed by atoms with Crippen molar-refractivity contribution in [3.05, 3.63) is 42.1 Å². The van der Waals surface area contributed by atoms with Gasteiger partial charge in [-0.05, 0) is 43.2 Å². The molecule has 2 aromatic heterocycles. The summed E-state index contributed by atoms with van der Waals surface area (Å²) in [4.78, 5) is 36.9. The Labute approximate surface area is 217 Å². The maximum absolute atomic E-state index is 12.6. The molecule has 1 saturated heterocycles. The second-order valence-corrected chi connectivity index (χ2v) is 10.1. The van der Waals surface area contributed by atoms with Gasteiger partial charge in [-0.15, -0.1) is 5.10 Å². The topological polar surface area (TPSA) is 92.9 Å². The van der Waals surface area contributed by atoms with E-state index in [0.29, 0.717) is 69.5 Å². The molecule has 9 nitrogen and oxygen atoms in total. The summed E-state index contributed by atoms with van der Waals surface area (Å²) in [5.41, 5.74) is 3.51. The normalized spacial score (nSPS) is 16.8. The number of piperazine rings is 1. The minimum absolute atomic E-state index is 0.133. The molecule has 1 aliphatic heterocycles. The van der Waals surface area contributed by atoms with Gasteiger partial charge in [0, 0.05) is 50.8 Å². The third kappa shape index (κ3) is 5.92. The molecule has 0 unspecified atom stereocenters. The first kappa shape index (κ1) is 25.2. The Balaban J connectivity index is 1.21. The Morgan fingerprint density at radius 3 is 2.41 bits per heavy atom. The van der Waals surface area contributed by atoms with Crippen LogP contribution in [0.4, 0.5) is 5.95 Å². The van der Waals surface area contributed by atoms with Crippen LogP contribution < -0.4 is 4.90 Å². The molecule has 196 valence electrons. The molecular formula is C28H36N6O3. The molecule has 5 rings (SSSR count). The molecule has 1 amide bonds. The zero-order chi connectivity index (χ0) is 25.6. The number of hydrogen-bond donors (Lipinski definition) is 0. The first-order chi connectivity index (χ1) is 18.1. The minimum Gasteiger partial charge on any atom is -0.469 e. The molecule has 0 radical (unpaired) electrons. The zero-order valence-electron chi connectivity index (χ0n) is 21.6. The van der Waals surface area contributed by atoms with Crippen molar-refractivity contribution in [2.45, 2.75) is 63.7 Å². The Bertz CT molecular complexity index is 1210. The van der Waals surface area contributed by atoms with Gasteiger partial charge in [0.05, 0.1) is 12.8 Å². The second-order valence-electron chi connectivity index (χ2n) is 10.1. The number of aromatic nitrogens is 4. The van der Waals surface area contributed by atoms with Crippen LogP contribution in [0, 0.1) is 0 Å². The number of benzene rings is 1. The average Bonchev–Trinajstić information content (AvgIpc) is 3.40. The Morgan fingerprint density at radius 1 is 0.946 bits per heavy atom. The summed E-state index contributed by atoms with van der Waals surface area (Å²) in [7, 11) is 1.39. The third-order valence-corrected chi connectivity index (χ3v) is 7.68. The first-order valence-electron chi connectivity index (χ1n) is 13.5. The quantitative estimate of drug-likeness (QED) is 0.335. The van der Waals surface area contributed by atoms with E-state index in [0.717, 1.165) is 11.3 Å². The van der Waals surface area contributed by atoms with E-state index in [1.54, 1.807) is 6.20 Å². The van der Waals surface area contributed by atoms with Gasteiger partial charge in [-0.2, -0.15) is 9.50 Å². The van der Waals surface area contributed by atoms with Crippen molar-refractivity contribution in [1.82, 2.24) is 24.5 Å². The van der Waals surface area contributed by atoms with Crippen LogP contribution in [0.3, 0.4) is 0 Å². The largest absolute Gasteiger partial charge is 0.469 e. The van der Waals surface area contributed by atoms with E-state index in [4.69, 9.17) is 5.10 Å². The predicted octanol–water partition coefficient (Wildman–Crippen LogP) is 4.22. The molecule has 1 saturated carbocycles. The molecule has 37 heavy (non-hydrogen) atoms. The van der Waals surface area contributed by atoms with Crippen LogP contribution in [0.15, 0.2) is 36.5 Å². The van der Waals surface area contributed by atoms with E-state index in [1.165, 1.54) is 44.8 Å². The Hall–Kier alpha value is -3.49. The highest BCUT2D eigenvalue weighted by molar-refractivity contribution is 5.76. The van der Waals surface area contributed by atoms with Crippen LogP contribution in [0.1, 0.15) is 69.3 Å². The highest BCUT2D eigenvalue weighted by Gasteiger charge is 2.24. The van der Waals surface area contributed by atoms with Crippen molar-refractivity contribution >= 4 is 23.6 Å². The SMILES string of the molecule is COC(=O)CCCCC(=O)N1CCN(c2nc3nccc(-c4ccc(C5CCCCC5)cc4)n3n2)CC1. The molecule has 0 N–H and O–H groups in total. The van der Waals surface area contributed by atoms with Gasteiger partial charge in [-0.1, -0.05) is 43.5 Å². The number of rotatable bonds is 8. The molecular weight excluding hydrogens is 468 g/mol. The van der Waals surface area contributed by atoms with Gasteiger partial charge < -0.3 is 14.5 Å². The molecule has 3 heterocycles. The molecule has 0 spiro atoms. The number of anilines is 1. The standard InChI is InChI=1S/C28H36N6O3/c1-37-26(36)10-6-5-9-25(35)32-17-19-33(20-18-32)28-30-27-29-16-15-24(34(27)31-28)23-13-11-22(12-14-23)21-7-3-2-4-8-21/h11-16,21H,2-10,17-20H2,1H3. The molecule has 9 heteroatoms. The van der Waals surface area contributed by atoms with Gasteiger partial charge in [0.1, 0.15) is 0 Å². The number of fused-ring (bicyclic) bond motifs is 1. The number of methoxy groups -OCH3 is 1. The molecule has 2 aliphatic rings. The Kier molecular flexibility index (Phi) is 7.96. The average molecular weight is 505 g/mol. The smallest absolute Gasteiger partial charge is 0.305 e. The predicted molar refractivity (Wildman–Crippen MR) is 141 cm³/mol. The molecule has 1 aliphatic carbocycles. The summed E-state index contributed by atoms with van der Waals surface area (Å²) in [6.07, 6.45) is 10.6.